The van der Waals surface area contributed by atoms with Gasteiger partial charge in [-0.05, 0) is 42.0 Å². The summed E-state index contributed by atoms with van der Waals surface area (Å²) in [4.78, 5) is 53.7. The molecular weight excluding hydrogens is 512 g/mol. The number of hydrogen-bond donors (Lipinski definition) is 2. The molecule has 0 bridgehead atoms. The van der Waals surface area contributed by atoms with Crippen molar-refractivity contribution < 1.29 is 29.1 Å². The number of carbonyl (C=O) groups excluding carboxylic acids is 4. The Morgan fingerprint density at radius 1 is 1.11 bits per heavy atom. The lowest BCUT2D eigenvalue weighted by atomic mass is 9.84. The zero-order valence-electron chi connectivity index (χ0n) is 22.4. The molecule has 0 radical (unpaired) electrons. The lowest BCUT2D eigenvalue weighted by Crippen LogP contribution is -2.60. The summed E-state index contributed by atoms with van der Waals surface area (Å²) in [5.41, 5.74) is -0.584. The van der Waals surface area contributed by atoms with Crippen molar-refractivity contribution in [3.05, 3.63) is 29.3 Å². The normalized spacial score (nSPS) is 18.0. The number of halogens is 1. The SMILES string of the molecule is CC(C)(C)[C@H](NC(=O)[C@H](CC1CCCC1)CN(O)C=O)C(=O)N1CCN(C(=O)Oc2ccc(Cl)cc2)CC1. The molecule has 4 amide bonds. The highest BCUT2D eigenvalue weighted by atomic mass is 35.5. The number of hydrogen-bond acceptors (Lipinski definition) is 6. The van der Waals surface area contributed by atoms with E-state index in [1.54, 1.807) is 29.2 Å². The number of rotatable bonds is 9. The van der Waals surface area contributed by atoms with E-state index in [2.05, 4.69) is 5.32 Å². The quantitative estimate of drug-likeness (QED) is 0.276. The molecule has 10 nitrogen and oxygen atoms in total. The van der Waals surface area contributed by atoms with Crippen LogP contribution in [0.2, 0.25) is 5.02 Å². The fourth-order valence-electron chi connectivity index (χ4n) is 5.05. The van der Waals surface area contributed by atoms with Crippen molar-refractivity contribution >= 4 is 35.9 Å². The molecule has 1 saturated carbocycles. The molecule has 1 aliphatic carbocycles. The average molecular weight is 551 g/mol. The van der Waals surface area contributed by atoms with Crippen LogP contribution in [0.5, 0.6) is 5.75 Å². The minimum absolute atomic E-state index is 0.120. The lowest BCUT2D eigenvalue weighted by molar-refractivity contribution is -0.156. The number of carbonyl (C=O) groups is 4. The third-order valence-corrected chi connectivity index (χ3v) is 7.51. The van der Waals surface area contributed by atoms with Gasteiger partial charge in [0.15, 0.2) is 0 Å². The maximum absolute atomic E-state index is 13.6. The Morgan fingerprint density at radius 2 is 1.68 bits per heavy atom. The van der Waals surface area contributed by atoms with Gasteiger partial charge >= 0.3 is 6.09 Å². The third kappa shape index (κ3) is 8.33. The van der Waals surface area contributed by atoms with Crippen LogP contribution >= 0.6 is 11.6 Å². The molecule has 2 atom stereocenters. The Bertz CT molecular complexity index is 969. The van der Waals surface area contributed by atoms with Crippen molar-refractivity contribution in [3.63, 3.8) is 0 Å². The van der Waals surface area contributed by atoms with E-state index in [0.717, 1.165) is 25.7 Å². The van der Waals surface area contributed by atoms with Crippen molar-refractivity contribution in [2.24, 2.45) is 17.3 Å². The van der Waals surface area contributed by atoms with Crippen LogP contribution in [0, 0.1) is 17.3 Å². The fraction of sp³-hybridized carbons (Fsp3) is 0.630. The molecule has 3 rings (SSSR count). The first-order valence-corrected chi connectivity index (χ1v) is 13.6. The van der Waals surface area contributed by atoms with Crippen LogP contribution in [-0.2, 0) is 14.4 Å². The Labute approximate surface area is 229 Å². The molecule has 1 aliphatic heterocycles. The van der Waals surface area contributed by atoms with Crippen molar-refractivity contribution in [1.82, 2.24) is 20.2 Å². The maximum atomic E-state index is 13.6. The molecule has 0 spiro atoms. The molecule has 1 saturated heterocycles. The zero-order chi connectivity index (χ0) is 27.9. The summed E-state index contributed by atoms with van der Waals surface area (Å²) >= 11 is 5.87. The van der Waals surface area contributed by atoms with Crippen LogP contribution < -0.4 is 10.1 Å². The van der Waals surface area contributed by atoms with Crippen molar-refractivity contribution in [1.29, 1.82) is 0 Å². The Balaban J connectivity index is 1.61. The van der Waals surface area contributed by atoms with Gasteiger partial charge < -0.3 is 19.9 Å². The van der Waals surface area contributed by atoms with Gasteiger partial charge in [-0.15, -0.1) is 0 Å². The number of amides is 4. The van der Waals surface area contributed by atoms with Crippen molar-refractivity contribution in [2.45, 2.75) is 58.9 Å². The number of piperazine rings is 1. The predicted molar refractivity (Wildman–Crippen MR) is 142 cm³/mol. The monoisotopic (exact) mass is 550 g/mol. The molecule has 2 fully saturated rings. The van der Waals surface area contributed by atoms with Crippen LogP contribution in [0.1, 0.15) is 52.9 Å². The van der Waals surface area contributed by atoms with Gasteiger partial charge in [-0.2, -0.15) is 0 Å². The molecule has 0 aromatic heterocycles. The van der Waals surface area contributed by atoms with Gasteiger partial charge in [-0.25, -0.2) is 9.86 Å². The van der Waals surface area contributed by atoms with Gasteiger partial charge in [0.1, 0.15) is 11.8 Å². The Morgan fingerprint density at radius 3 is 2.24 bits per heavy atom. The van der Waals surface area contributed by atoms with E-state index in [-0.39, 0.29) is 18.4 Å². The smallest absolute Gasteiger partial charge is 0.410 e. The Kier molecular flexibility index (Phi) is 10.4. The highest BCUT2D eigenvalue weighted by molar-refractivity contribution is 6.30. The molecule has 210 valence electrons. The van der Waals surface area contributed by atoms with Gasteiger partial charge in [0.05, 0.1) is 12.5 Å². The molecule has 11 heteroatoms. The van der Waals surface area contributed by atoms with Crippen molar-refractivity contribution in [2.75, 3.05) is 32.7 Å². The van der Waals surface area contributed by atoms with E-state index in [1.807, 2.05) is 20.8 Å². The molecule has 2 N–H and O–H groups in total. The molecule has 1 aromatic rings. The second-order valence-corrected chi connectivity index (χ2v) is 11.7. The van der Waals surface area contributed by atoms with Gasteiger partial charge in [0.2, 0.25) is 18.2 Å². The summed E-state index contributed by atoms with van der Waals surface area (Å²) in [5.74, 6) is -0.457. The highest BCUT2D eigenvalue weighted by Crippen LogP contribution is 2.31. The lowest BCUT2D eigenvalue weighted by Gasteiger charge is -2.39. The van der Waals surface area contributed by atoms with E-state index >= 15 is 0 Å². The minimum Gasteiger partial charge on any atom is -0.410 e. The van der Waals surface area contributed by atoms with Gasteiger partial charge in [0, 0.05) is 31.2 Å². The largest absolute Gasteiger partial charge is 0.415 e. The van der Waals surface area contributed by atoms with Crippen LogP contribution in [0.3, 0.4) is 0 Å². The molecule has 1 heterocycles. The first kappa shape index (κ1) is 29.7. The number of ether oxygens (including phenoxy) is 1. The van der Waals surface area contributed by atoms with Crippen LogP contribution in [0.15, 0.2) is 24.3 Å². The first-order chi connectivity index (χ1) is 18.0. The first-order valence-electron chi connectivity index (χ1n) is 13.2. The van der Waals surface area contributed by atoms with Crippen molar-refractivity contribution in [3.8, 4) is 5.75 Å². The summed E-state index contributed by atoms with van der Waals surface area (Å²) in [7, 11) is 0. The number of nitrogens with one attached hydrogen (secondary N) is 1. The standard InChI is InChI=1S/C27H39ClN4O6/c1-27(2,3)23(29-24(34)20(17-32(37)18-33)16-19-6-4-5-7-19)25(35)30-12-14-31(15-13-30)26(36)38-22-10-8-21(28)9-11-22/h8-11,18-20,23,37H,4-7,12-17H2,1-3H3,(H,29,34)/t20-,23-/m1/s1. The molecule has 38 heavy (non-hydrogen) atoms. The summed E-state index contributed by atoms with van der Waals surface area (Å²) in [6, 6.07) is 5.69. The summed E-state index contributed by atoms with van der Waals surface area (Å²) < 4.78 is 5.40. The van der Waals surface area contributed by atoms with E-state index < -0.39 is 23.5 Å². The molecule has 0 unspecified atom stereocenters. The summed E-state index contributed by atoms with van der Waals surface area (Å²) in [5, 5.41) is 13.8. The average Bonchev–Trinajstić information content (AvgIpc) is 3.40. The van der Waals surface area contributed by atoms with Crippen LogP contribution in [0.4, 0.5) is 4.79 Å². The molecular formula is C27H39ClN4O6. The molecule has 1 aromatic carbocycles. The van der Waals surface area contributed by atoms with Gasteiger partial charge in [-0.1, -0.05) is 58.1 Å². The number of benzene rings is 1. The second-order valence-electron chi connectivity index (χ2n) is 11.3. The number of nitrogens with zero attached hydrogens (tertiary/aromatic N) is 3. The maximum Gasteiger partial charge on any atom is 0.415 e. The Hall–Kier alpha value is -2.85. The predicted octanol–water partition coefficient (Wildman–Crippen LogP) is 3.56. The van der Waals surface area contributed by atoms with Crippen LogP contribution in [-0.4, -0.2) is 83.2 Å². The van der Waals surface area contributed by atoms with Gasteiger partial charge in [-0.3, -0.25) is 19.6 Å². The van der Waals surface area contributed by atoms with Crippen LogP contribution in [0.25, 0.3) is 0 Å². The van der Waals surface area contributed by atoms with E-state index in [0.29, 0.717) is 60.8 Å². The van der Waals surface area contributed by atoms with E-state index in [4.69, 9.17) is 16.3 Å². The number of hydroxylamine groups is 2. The summed E-state index contributed by atoms with van der Waals surface area (Å²) in [6.45, 7) is 6.72. The summed E-state index contributed by atoms with van der Waals surface area (Å²) in [6.07, 6.45) is 4.59. The fourth-order valence-corrected chi connectivity index (χ4v) is 5.18. The van der Waals surface area contributed by atoms with E-state index in [9.17, 15) is 24.4 Å². The highest BCUT2D eigenvalue weighted by Gasteiger charge is 2.39. The topological polar surface area (TPSA) is 119 Å². The zero-order valence-corrected chi connectivity index (χ0v) is 23.2. The molecule has 2 aliphatic rings. The minimum atomic E-state index is -0.808. The second kappa shape index (κ2) is 13.3. The third-order valence-electron chi connectivity index (χ3n) is 7.26. The van der Waals surface area contributed by atoms with Gasteiger partial charge in [0.25, 0.3) is 0 Å². The van der Waals surface area contributed by atoms with E-state index in [1.165, 1.54) is 4.90 Å².